The average molecular weight is 254 g/mol. The van der Waals surface area contributed by atoms with Crippen LogP contribution in [0.4, 0.5) is 0 Å². The second-order valence-corrected chi connectivity index (χ2v) is 4.88. The molecule has 1 saturated heterocycles. The van der Waals surface area contributed by atoms with Gasteiger partial charge >= 0.3 is 0 Å². The summed E-state index contributed by atoms with van der Waals surface area (Å²) in [4.78, 5) is 14.1. The lowest BCUT2D eigenvalue weighted by molar-refractivity contribution is -0.130. The number of hydrogen-bond acceptors (Lipinski definition) is 2. The fraction of sp³-hybridized carbons (Fsp3) is 0.500. The molecule has 1 aromatic carbocycles. The molecule has 0 saturated carbocycles. The minimum atomic E-state index is 0. The Labute approximate surface area is 109 Å². The van der Waals surface area contributed by atoms with Crippen molar-refractivity contribution in [2.45, 2.75) is 20.4 Å². The third-order valence-electron chi connectivity index (χ3n) is 3.28. The van der Waals surface area contributed by atoms with Crippen molar-refractivity contribution in [2.24, 2.45) is 11.8 Å². The first-order valence-corrected chi connectivity index (χ1v) is 5.97. The predicted octanol–water partition coefficient (Wildman–Crippen LogP) is 2.77. The van der Waals surface area contributed by atoms with Gasteiger partial charge in [-0.15, -0.1) is 12.4 Å². The summed E-state index contributed by atoms with van der Waals surface area (Å²) in [6.45, 7) is 6.84. The number of nitrogens with zero attached hydrogens (tertiary/aromatic N) is 1. The molecule has 0 aromatic heterocycles. The maximum Gasteiger partial charge on any atom is 0.141 e. The Morgan fingerprint density at radius 2 is 1.65 bits per heavy atom. The topological polar surface area (TPSA) is 20.3 Å². The molecule has 17 heavy (non-hydrogen) atoms. The van der Waals surface area contributed by atoms with Gasteiger partial charge in [0.15, 0.2) is 0 Å². The molecular weight excluding hydrogens is 234 g/mol. The van der Waals surface area contributed by atoms with Crippen LogP contribution < -0.4 is 0 Å². The van der Waals surface area contributed by atoms with Crippen LogP contribution in [0.2, 0.25) is 0 Å². The predicted molar refractivity (Wildman–Crippen MR) is 72.3 cm³/mol. The molecule has 0 aliphatic carbocycles. The number of rotatable bonds is 2. The number of halogens is 1. The number of ketones is 1. The molecule has 2 rings (SSSR count). The van der Waals surface area contributed by atoms with Gasteiger partial charge in [0.05, 0.1) is 0 Å². The van der Waals surface area contributed by atoms with Crippen molar-refractivity contribution in [1.82, 2.24) is 4.90 Å². The van der Waals surface area contributed by atoms with Crippen LogP contribution in [0.3, 0.4) is 0 Å². The molecule has 0 unspecified atom stereocenters. The highest BCUT2D eigenvalue weighted by atomic mass is 35.5. The Hall–Kier alpha value is -0.860. The maximum atomic E-state index is 11.7. The van der Waals surface area contributed by atoms with E-state index in [1.54, 1.807) is 0 Å². The fourth-order valence-corrected chi connectivity index (χ4v) is 2.49. The zero-order valence-corrected chi connectivity index (χ0v) is 11.2. The average Bonchev–Trinajstić information content (AvgIpc) is 2.27. The minimum Gasteiger partial charge on any atom is -0.299 e. The largest absolute Gasteiger partial charge is 0.299 e. The SMILES string of the molecule is C[C@@H]1CN(Cc2ccccc2)C[C@@H](C)C1=O.Cl. The molecule has 2 nitrogen and oxygen atoms in total. The number of Topliss-reactive ketones (excluding diaryl/α,β-unsaturated/α-hetero) is 1. The lowest BCUT2D eigenvalue weighted by Crippen LogP contribution is -2.44. The van der Waals surface area contributed by atoms with E-state index in [0.29, 0.717) is 5.78 Å². The zero-order valence-electron chi connectivity index (χ0n) is 10.4. The first-order chi connectivity index (χ1) is 7.66. The van der Waals surface area contributed by atoms with E-state index < -0.39 is 0 Å². The molecule has 1 aliphatic heterocycles. The molecule has 0 bridgehead atoms. The van der Waals surface area contributed by atoms with E-state index in [9.17, 15) is 4.79 Å². The molecule has 1 aromatic rings. The number of piperidine rings is 1. The molecule has 1 heterocycles. The number of carbonyl (C=O) groups is 1. The van der Waals surface area contributed by atoms with Gasteiger partial charge in [-0.25, -0.2) is 0 Å². The first-order valence-electron chi connectivity index (χ1n) is 5.97. The standard InChI is InChI=1S/C14H19NO.ClH/c1-11-8-15(9-12(2)14(11)16)10-13-6-4-3-5-7-13;/h3-7,11-12H,8-10H2,1-2H3;1H/t11-,12-;/m1./s1. The highest BCUT2D eigenvalue weighted by molar-refractivity contribution is 5.85. The molecule has 1 fully saturated rings. The number of likely N-dealkylation sites (tertiary alicyclic amines) is 1. The van der Waals surface area contributed by atoms with E-state index >= 15 is 0 Å². The fourth-order valence-electron chi connectivity index (χ4n) is 2.49. The van der Waals surface area contributed by atoms with Gasteiger partial charge in [0, 0.05) is 31.5 Å². The summed E-state index contributed by atoms with van der Waals surface area (Å²) >= 11 is 0. The third kappa shape index (κ3) is 3.55. The van der Waals surface area contributed by atoms with E-state index in [1.165, 1.54) is 5.56 Å². The number of hydrogen-bond donors (Lipinski definition) is 0. The maximum absolute atomic E-state index is 11.7. The lowest BCUT2D eigenvalue weighted by Gasteiger charge is -2.33. The van der Waals surface area contributed by atoms with Gasteiger partial charge in [-0.2, -0.15) is 0 Å². The summed E-state index contributed by atoms with van der Waals surface area (Å²) in [5.74, 6) is 0.796. The van der Waals surface area contributed by atoms with Gasteiger partial charge in [-0.05, 0) is 5.56 Å². The van der Waals surface area contributed by atoms with E-state index in [4.69, 9.17) is 0 Å². The molecular formula is C14H20ClNO. The number of carbonyl (C=O) groups excluding carboxylic acids is 1. The Bertz CT molecular complexity index is 352. The summed E-state index contributed by atoms with van der Waals surface area (Å²) in [6.07, 6.45) is 0. The van der Waals surface area contributed by atoms with Gasteiger partial charge in [0.25, 0.3) is 0 Å². The van der Waals surface area contributed by atoms with E-state index in [0.717, 1.165) is 19.6 Å². The van der Waals surface area contributed by atoms with Crippen LogP contribution in [0, 0.1) is 11.8 Å². The first kappa shape index (κ1) is 14.2. The molecule has 1 aliphatic rings. The van der Waals surface area contributed by atoms with Crippen molar-refractivity contribution in [3.63, 3.8) is 0 Å². The Balaban J connectivity index is 0.00000144. The van der Waals surface area contributed by atoms with Gasteiger partial charge in [-0.3, -0.25) is 9.69 Å². The van der Waals surface area contributed by atoms with Crippen LogP contribution in [0.5, 0.6) is 0 Å². The highest BCUT2D eigenvalue weighted by Crippen LogP contribution is 2.19. The minimum absolute atomic E-state index is 0. The van der Waals surface area contributed by atoms with Crippen molar-refractivity contribution in [3.8, 4) is 0 Å². The Morgan fingerprint density at radius 1 is 1.12 bits per heavy atom. The number of benzene rings is 1. The van der Waals surface area contributed by atoms with Gasteiger partial charge in [0.1, 0.15) is 5.78 Å². The van der Waals surface area contributed by atoms with Crippen LogP contribution >= 0.6 is 12.4 Å². The molecule has 3 heteroatoms. The summed E-state index contributed by atoms with van der Waals surface area (Å²) in [5.41, 5.74) is 1.33. The van der Waals surface area contributed by atoms with Gasteiger partial charge in [0.2, 0.25) is 0 Å². The highest BCUT2D eigenvalue weighted by Gasteiger charge is 2.29. The normalized spacial score (nSPS) is 25.4. The van der Waals surface area contributed by atoms with Crippen molar-refractivity contribution in [1.29, 1.82) is 0 Å². The Kier molecular flexibility index (Phi) is 5.16. The molecule has 2 atom stereocenters. The quantitative estimate of drug-likeness (QED) is 0.808. The van der Waals surface area contributed by atoms with Crippen LogP contribution in [0.25, 0.3) is 0 Å². The van der Waals surface area contributed by atoms with Crippen molar-refractivity contribution in [3.05, 3.63) is 35.9 Å². The third-order valence-corrected chi connectivity index (χ3v) is 3.28. The van der Waals surface area contributed by atoms with E-state index in [2.05, 4.69) is 29.2 Å². The van der Waals surface area contributed by atoms with Crippen LogP contribution in [0.1, 0.15) is 19.4 Å². The van der Waals surface area contributed by atoms with Gasteiger partial charge < -0.3 is 0 Å². The summed E-state index contributed by atoms with van der Waals surface area (Å²) in [6, 6.07) is 10.5. The van der Waals surface area contributed by atoms with Crippen molar-refractivity contribution in [2.75, 3.05) is 13.1 Å². The second-order valence-electron chi connectivity index (χ2n) is 4.88. The smallest absolute Gasteiger partial charge is 0.141 e. The molecule has 0 N–H and O–H groups in total. The van der Waals surface area contributed by atoms with Crippen LogP contribution in [0.15, 0.2) is 30.3 Å². The molecule has 94 valence electrons. The molecule has 0 spiro atoms. The summed E-state index contributed by atoms with van der Waals surface area (Å²) in [5, 5.41) is 0. The monoisotopic (exact) mass is 253 g/mol. The lowest BCUT2D eigenvalue weighted by atomic mass is 9.90. The van der Waals surface area contributed by atoms with E-state index in [-0.39, 0.29) is 24.2 Å². The summed E-state index contributed by atoms with van der Waals surface area (Å²) < 4.78 is 0. The molecule has 0 amide bonds. The zero-order chi connectivity index (χ0) is 11.5. The van der Waals surface area contributed by atoms with E-state index in [1.807, 2.05) is 19.9 Å². The molecule has 0 radical (unpaired) electrons. The summed E-state index contributed by atoms with van der Waals surface area (Å²) in [7, 11) is 0. The van der Waals surface area contributed by atoms with Gasteiger partial charge in [-0.1, -0.05) is 44.2 Å². The van der Waals surface area contributed by atoms with Crippen molar-refractivity contribution < 1.29 is 4.79 Å². The second kappa shape index (κ2) is 6.18. The van der Waals surface area contributed by atoms with Crippen LogP contribution in [-0.4, -0.2) is 23.8 Å². The van der Waals surface area contributed by atoms with Crippen LogP contribution in [-0.2, 0) is 11.3 Å². The Morgan fingerprint density at radius 3 is 2.18 bits per heavy atom. The van der Waals surface area contributed by atoms with Crippen molar-refractivity contribution >= 4 is 18.2 Å².